The lowest BCUT2D eigenvalue weighted by atomic mass is 10.6. The van der Waals surface area contributed by atoms with Crippen molar-refractivity contribution in [2.45, 2.75) is 6.18 Å². The fraction of sp³-hybridized carbons (Fsp3) is 0.429. The van der Waals surface area contributed by atoms with Gasteiger partial charge in [-0.25, -0.2) is 4.79 Å². The molecule has 5 nitrogen and oxygen atoms in total. The van der Waals surface area contributed by atoms with Gasteiger partial charge in [0.15, 0.2) is 5.82 Å². The number of urea groups is 1. The number of aryl methyl sites for hydroxylation is 1. The highest BCUT2D eigenvalue weighted by Gasteiger charge is 2.27. The van der Waals surface area contributed by atoms with Crippen molar-refractivity contribution in [1.82, 2.24) is 15.1 Å². The maximum atomic E-state index is 11.7. The second kappa shape index (κ2) is 4.20. The van der Waals surface area contributed by atoms with Crippen molar-refractivity contribution in [3.8, 4) is 0 Å². The zero-order chi connectivity index (χ0) is 11.5. The lowest BCUT2D eigenvalue weighted by Crippen LogP contribution is -2.36. The van der Waals surface area contributed by atoms with Gasteiger partial charge in [-0.15, -0.1) is 0 Å². The minimum Gasteiger partial charge on any atom is -0.329 e. The number of hydrogen-bond acceptors (Lipinski definition) is 2. The summed E-state index contributed by atoms with van der Waals surface area (Å²) in [4.78, 5) is 10.9. The van der Waals surface area contributed by atoms with E-state index >= 15 is 0 Å². The van der Waals surface area contributed by atoms with Crippen molar-refractivity contribution in [3.05, 3.63) is 12.3 Å². The second-order valence-corrected chi connectivity index (χ2v) is 2.80. The molecule has 0 fully saturated rings. The fourth-order valence-electron chi connectivity index (χ4n) is 0.823. The van der Waals surface area contributed by atoms with Crippen molar-refractivity contribution in [2.75, 3.05) is 11.9 Å². The van der Waals surface area contributed by atoms with E-state index in [2.05, 4.69) is 10.4 Å². The van der Waals surface area contributed by atoms with Crippen LogP contribution in [0.1, 0.15) is 0 Å². The molecule has 0 atom stereocenters. The zero-order valence-corrected chi connectivity index (χ0v) is 7.80. The van der Waals surface area contributed by atoms with E-state index in [9.17, 15) is 18.0 Å². The molecule has 0 radical (unpaired) electrons. The summed E-state index contributed by atoms with van der Waals surface area (Å²) in [6, 6.07) is 0.527. The number of anilines is 1. The van der Waals surface area contributed by atoms with Gasteiger partial charge in [0.25, 0.3) is 0 Å². The Morgan fingerprint density at radius 2 is 2.27 bits per heavy atom. The third-order valence-electron chi connectivity index (χ3n) is 1.40. The molecule has 0 unspecified atom stereocenters. The summed E-state index contributed by atoms with van der Waals surface area (Å²) in [6.45, 7) is -1.37. The third kappa shape index (κ3) is 4.34. The third-order valence-corrected chi connectivity index (χ3v) is 1.40. The van der Waals surface area contributed by atoms with Gasteiger partial charge in [-0.2, -0.15) is 18.3 Å². The molecule has 0 aliphatic carbocycles. The van der Waals surface area contributed by atoms with Gasteiger partial charge < -0.3 is 5.32 Å². The summed E-state index contributed by atoms with van der Waals surface area (Å²) < 4.78 is 36.5. The van der Waals surface area contributed by atoms with E-state index in [-0.39, 0.29) is 5.82 Å². The van der Waals surface area contributed by atoms with Crippen molar-refractivity contribution >= 4 is 11.8 Å². The number of carbonyl (C=O) groups excluding carboxylic acids is 1. The number of aromatic nitrogens is 2. The van der Waals surface area contributed by atoms with Crippen LogP contribution in [0, 0.1) is 0 Å². The molecule has 2 amide bonds. The first-order valence-corrected chi connectivity index (χ1v) is 3.98. The van der Waals surface area contributed by atoms with E-state index < -0.39 is 18.8 Å². The van der Waals surface area contributed by atoms with Crippen LogP contribution in [0.25, 0.3) is 0 Å². The number of nitrogens with zero attached hydrogens (tertiary/aromatic N) is 2. The maximum Gasteiger partial charge on any atom is 0.405 e. The first-order valence-electron chi connectivity index (χ1n) is 3.98. The minimum atomic E-state index is -4.42. The van der Waals surface area contributed by atoms with Gasteiger partial charge in [-0.1, -0.05) is 0 Å². The van der Waals surface area contributed by atoms with Crippen molar-refractivity contribution in [3.63, 3.8) is 0 Å². The molecule has 0 aromatic carbocycles. The lowest BCUT2D eigenvalue weighted by molar-refractivity contribution is -0.122. The summed E-state index contributed by atoms with van der Waals surface area (Å²) in [5, 5.41) is 7.57. The molecule has 84 valence electrons. The molecular weight excluding hydrogens is 213 g/mol. The first kappa shape index (κ1) is 11.3. The first-order chi connectivity index (χ1) is 6.87. The second-order valence-electron chi connectivity index (χ2n) is 2.80. The molecule has 0 aliphatic rings. The molecule has 0 saturated heterocycles. The topological polar surface area (TPSA) is 59.0 Å². The quantitative estimate of drug-likeness (QED) is 0.787. The van der Waals surface area contributed by atoms with Crippen molar-refractivity contribution in [1.29, 1.82) is 0 Å². The van der Waals surface area contributed by atoms with Gasteiger partial charge in [-0.3, -0.25) is 10.00 Å². The summed E-state index contributed by atoms with van der Waals surface area (Å²) in [5.74, 6) is 0.192. The molecule has 1 rings (SSSR count). The SMILES string of the molecule is Cn1ccc(NC(=O)NCC(F)(F)F)n1. The molecular formula is C7H9F3N4O. The van der Waals surface area contributed by atoms with E-state index in [1.807, 2.05) is 0 Å². The number of rotatable bonds is 2. The Hall–Kier alpha value is -1.73. The van der Waals surface area contributed by atoms with Crippen LogP contribution in [-0.4, -0.2) is 28.5 Å². The van der Waals surface area contributed by atoms with Crippen LogP contribution in [0.15, 0.2) is 12.3 Å². The van der Waals surface area contributed by atoms with Gasteiger partial charge >= 0.3 is 12.2 Å². The standard InChI is InChI=1S/C7H9F3N4O/c1-14-3-2-5(13-14)12-6(15)11-4-7(8,9)10/h2-3H,4H2,1H3,(H2,11,12,13,15). The highest BCUT2D eigenvalue weighted by Crippen LogP contribution is 2.12. The largest absolute Gasteiger partial charge is 0.405 e. The Morgan fingerprint density at radius 1 is 1.60 bits per heavy atom. The Kier molecular flexibility index (Phi) is 3.17. The highest BCUT2D eigenvalue weighted by molar-refractivity contribution is 5.88. The van der Waals surface area contributed by atoms with Gasteiger partial charge in [0.1, 0.15) is 6.54 Å². The molecule has 1 aromatic rings. The molecule has 2 N–H and O–H groups in total. The summed E-state index contributed by atoms with van der Waals surface area (Å²) in [7, 11) is 1.62. The Bertz CT molecular complexity index is 346. The van der Waals surface area contributed by atoms with E-state index in [4.69, 9.17) is 0 Å². The summed E-state index contributed by atoms with van der Waals surface area (Å²) in [5.41, 5.74) is 0. The molecule has 1 aromatic heterocycles. The number of halogens is 3. The van der Waals surface area contributed by atoms with Crippen molar-refractivity contribution < 1.29 is 18.0 Å². The van der Waals surface area contributed by atoms with Gasteiger partial charge in [0.2, 0.25) is 0 Å². The van der Waals surface area contributed by atoms with Gasteiger partial charge in [-0.05, 0) is 0 Å². The normalized spacial score (nSPS) is 11.2. The van der Waals surface area contributed by atoms with E-state index in [1.54, 1.807) is 18.6 Å². The summed E-state index contributed by atoms with van der Waals surface area (Å²) in [6.07, 6.45) is -2.86. The van der Waals surface area contributed by atoms with Crippen LogP contribution < -0.4 is 10.6 Å². The van der Waals surface area contributed by atoms with Crippen LogP contribution in [0.4, 0.5) is 23.8 Å². The highest BCUT2D eigenvalue weighted by atomic mass is 19.4. The molecule has 0 bridgehead atoms. The Balaban J connectivity index is 2.37. The predicted molar refractivity (Wildman–Crippen MR) is 46.3 cm³/mol. The van der Waals surface area contributed by atoms with E-state index in [0.29, 0.717) is 0 Å². The molecule has 8 heteroatoms. The fourth-order valence-corrected chi connectivity index (χ4v) is 0.823. The zero-order valence-electron chi connectivity index (χ0n) is 7.80. The van der Waals surface area contributed by atoms with Gasteiger partial charge in [0.05, 0.1) is 0 Å². The monoisotopic (exact) mass is 222 g/mol. The number of amides is 2. The van der Waals surface area contributed by atoms with E-state index in [1.165, 1.54) is 10.7 Å². The molecule has 0 aliphatic heterocycles. The molecule has 15 heavy (non-hydrogen) atoms. The lowest BCUT2D eigenvalue weighted by Gasteiger charge is -2.07. The molecule has 1 heterocycles. The number of alkyl halides is 3. The minimum absolute atomic E-state index is 0.192. The van der Waals surface area contributed by atoms with Crippen LogP contribution in [0.3, 0.4) is 0 Å². The summed E-state index contributed by atoms with van der Waals surface area (Å²) >= 11 is 0. The number of hydrogen-bond donors (Lipinski definition) is 2. The van der Waals surface area contributed by atoms with Gasteiger partial charge in [0, 0.05) is 19.3 Å². The smallest absolute Gasteiger partial charge is 0.329 e. The number of carbonyl (C=O) groups is 1. The molecule has 0 saturated carbocycles. The predicted octanol–water partition coefficient (Wildman–Crippen LogP) is 1.10. The number of nitrogens with one attached hydrogen (secondary N) is 2. The van der Waals surface area contributed by atoms with Crippen LogP contribution in [0.2, 0.25) is 0 Å². The van der Waals surface area contributed by atoms with Crippen LogP contribution in [0.5, 0.6) is 0 Å². The average molecular weight is 222 g/mol. The van der Waals surface area contributed by atoms with E-state index in [0.717, 1.165) is 0 Å². The Labute approximate surface area is 83.3 Å². The Morgan fingerprint density at radius 3 is 2.73 bits per heavy atom. The van der Waals surface area contributed by atoms with Crippen LogP contribution in [-0.2, 0) is 7.05 Å². The molecule has 0 spiro atoms. The van der Waals surface area contributed by atoms with Crippen molar-refractivity contribution in [2.24, 2.45) is 7.05 Å². The van der Waals surface area contributed by atoms with Crippen LogP contribution >= 0.6 is 0 Å². The average Bonchev–Trinajstić information content (AvgIpc) is 2.47. The maximum absolute atomic E-state index is 11.7.